The zero-order valence-electron chi connectivity index (χ0n) is 9.55. The highest BCUT2D eigenvalue weighted by Gasteiger charge is 2.06. The number of nitrogen functional groups attached to an aromatic ring is 1. The van der Waals surface area contributed by atoms with E-state index in [1.807, 2.05) is 35.0 Å². The predicted molar refractivity (Wildman–Crippen MR) is 72.5 cm³/mol. The highest BCUT2D eigenvalue weighted by atomic mass is 35.5. The summed E-state index contributed by atoms with van der Waals surface area (Å²) in [6.07, 6.45) is 0. The Labute approximate surface area is 109 Å². The fourth-order valence-electron chi connectivity index (χ4n) is 1.91. The molecule has 18 heavy (non-hydrogen) atoms. The molecule has 5 heteroatoms. The van der Waals surface area contributed by atoms with Crippen molar-refractivity contribution in [3.63, 3.8) is 0 Å². The van der Waals surface area contributed by atoms with Crippen molar-refractivity contribution in [2.24, 2.45) is 0 Å². The molecular weight excluding hydrogens is 248 g/mol. The third-order valence-corrected chi connectivity index (χ3v) is 3.08. The molecule has 0 saturated carbocycles. The quantitative estimate of drug-likeness (QED) is 0.719. The predicted octanol–water partition coefficient (Wildman–Crippen LogP) is 2.72. The molecule has 0 aliphatic heterocycles. The Hall–Kier alpha value is -2.07. The molecule has 3 aromatic rings. The third kappa shape index (κ3) is 1.91. The molecule has 0 amide bonds. The minimum atomic E-state index is 0.562. The summed E-state index contributed by atoms with van der Waals surface area (Å²) >= 11 is 5.97. The Bertz CT molecular complexity index is 705. The van der Waals surface area contributed by atoms with Crippen molar-refractivity contribution >= 4 is 28.3 Å². The Morgan fingerprint density at radius 2 is 2.00 bits per heavy atom. The molecule has 1 aromatic heterocycles. The Morgan fingerprint density at radius 3 is 2.89 bits per heavy atom. The van der Waals surface area contributed by atoms with Crippen molar-refractivity contribution in [1.82, 2.24) is 15.0 Å². The van der Waals surface area contributed by atoms with Gasteiger partial charge >= 0.3 is 0 Å². The van der Waals surface area contributed by atoms with Crippen LogP contribution in [-0.2, 0) is 6.54 Å². The van der Waals surface area contributed by atoms with E-state index in [9.17, 15) is 0 Å². The average Bonchev–Trinajstić information content (AvgIpc) is 2.78. The van der Waals surface area contributed by atoms with Gasteiger partial charge in [-0.05, 0) is 35.9 Å². The van der Waals surface area contributed by atoms with Gasteiger partial charge in [-0.3, -0.25) is 0 Å². The third-order valence-electron chi connectivity index (χ3n) is 2.85. The lowest BCUT2D eigenvalue weighted by molar-refractivity contribution is 0.671. The Kier molecular flexibility index (Phi) is 2.64. The van der Waals surface area contributed by atoms with E-state index in [1.165, 1.54) is 0 Å². The molecule has 0 atom stereocenters. The Morgan fingerprint density at radius 1 is 1.17 bits per heavy atom. The van der Waals surface area contributed by atoms with Crippen LogP contribution in [0.2, 0.25) is 5.02 Å². The monoisotopic (exact) mass is 258 g/mol. The smallest absolute Gasteiger partial charge is 0.113 e. The van der Waals surface area contributed by atoms with Crippen molar-refractivity contribution in [2.45, 2.75) is 6.54 Å². The molecular formula is C13H11ClN4. The van der Waals surface area contributed by atoms with E-state index in [0.717, 1.165) is 16.6 Å². The first-order valence-corrected chi connectivity index (χ1v) is 5.94. The SMILES string of the molecule is Nc1ccc(Cl)cc1Cn1nnc2ccccc21. The topological polar surface area (TPSA) is 56.7 Å². The van der Waals surface area contributed by atoms with E-state index in [0.29, 0.717) is 17.3 Å². The summed E-state index contributed by atoms with van der Waals surface area (Å²) in [5, 5.41) is 8.91. The van der Waals surface area contributed by atoms with E-state index in [2.05, 4.69) is 10.3 Å². The van der Waals surface area contributed by atoms with Crippen LogP contribution in [0.15, 0.2) is 42.5 Å². The molecule has 90 valence electrons. The van der Waals surface area contributed by atoms with Crippen molar-refractivity contribution in [3.05, 3.63) is 53.1 Å². The van der Waals surface area contributed by atoms with Crippen molar-refractivity contribution in [1.29, 1.82) is 0 Å². The van der Waals surface area contributed by atoms with Crippen LogP contribution in [0.5, 0.6) is 0 Å². The molecule has 0 aliphatic rings. The summed E-state index contributed by atoms with van der Waals surface area (Å²) in [4.78, 5) is 0. The molecule has 0 aliphatic carbocycles. The average molecular weight is 259 g/mol. The van der Waals surface area contributed by atoms with Crippen LogP contribution in [0.3, 0.4) is 0 Å². The van der Waals surface area contributed by atoms with E-state index < -0.39 is 0 Å². The highest BCUT2D eigenvalue weighted by Crippen LogP contribution is 2.20. The number of nitrogens with two attached hydrogens (primary N) is 1. The van der Waals surface area contributed by atoms with Gasteiger partial charge in [0.2, 0.25) is 0 Å². The van der Waals surface area contributed by atoms with Crippen LogP contribution in [0.4, 0.5) is 5.69 Å². The summed E-state index contributed by atoms with van der Waals surface area (Å²) in [6, 6.07) is 13.2. The van der Waals surface area contributed by atoms with E-state index in [1.54, 1.807) is 12.1 Å². The highest BCUT2D eigenvalue weighted by molar-refractivity contribution is 6.30. The largest absolute Gasteiger partial charge is 0.398 e. The number of halogens is 1. The lowest BCUT2D eigenvalue weighted by Crippen LogP contribution is -2.04. The van der Waals surface area contributed by atoms with Crippen molar-refractivity contribution < 1.29 is 0 Å². The van der Waals surface area contributed by atoms with Gasteiger partial charge in [0.05, 0.1) is 12.1 Å². The van der Waals surface area contributed by atoms with Crippen LogP contribution in [0.25, 0.3) is 11.0 Å². The summed E-state index contributed by atoms with van der Waals surface area (Å²) in [6.45, 7) is 0.562. The molecule has 0 unspecified atom stereocenters. The summed E-state index contributed by atoms with van der Waals surface area (Å²) in [5.41, 5.74) is 9.44. The first-order valence-electron chi connectivity index (χ1n) is 5.56. The molecule has 2 N–H and O–H groups in total. The van der Waals surface area contributed by atoms with Crippen LogP contribution < -0.4 is 5.73 Å². The van der Waals surface area contributed by atoms with Gasteiger partial charge in [0.1, 0.15) is 5.52 Å². The lowest BCUT2D eigenvalue weighted by Gasteiger charge is -2.06. The van der Waals surface area contributed by atoms with Gasteiger partial charge in [-0.1, -0.05) is 28.9 Å². The van der Waals surface area contributed by atoms with E-state index in [4.69, 9.17) is 17.3 Å². The second-order valence-electron chi connectivity index (χ2n) is 4.08. The van der Waals surface area contributed by atoms with Crippen molar-refractivity contribution in [2.75, 3.05) is 5.73 Å². The minimum Gasteiger partial charge on any atom is -0.398 e. The normalized spacial score (nSPS) is 10.9. The van der Waals surface area contributed by atoms with E-state index >= 15 is 0 Å². The fraction of sp³-hybridized carbons (Fsp3) is 0.0769. The maximum Gasteiger partial charge on any atom is 0.113 e. The van der Waals surface area contributed by atoms with Gasteiger partial charge < -0.3 is 5.73 Å². The number of aromatic nitrogens is 3. The Balaban J connectivity index is 2.04. The molecule has 2 aromatic carbocycles. The van der Waals surface area contributed by atoms with Gasteiger partial charge in [0.15, 0.2) is 0 Å². The number of rotatable bonds is 2. The van der Waals surface area contributed by atoms with Gasteiger partial charge in [-0.25, -0.2) is 4.68 Å². The molecule has 0 saturated heterocycles. The zero-order valence-corrected chi connectivity index (χ0v) is 10.3. The minimum absolute atomic E-state index is 0.562. The van der Waals surface area contributed by atoms with Crippen LogP contribution in [0.1, 0.15) is 5.56 Å². The summed E-state index contributed by atoms with van der Waals surface area (Å²) in [7, 11) is 0. The van der Waals surface area contributed by atoms with Crippen LogP contribution in [0, 0.1) is 0 Å². The summed E-state index contributed by atoms with van der Waals surface area (Å²) in [5.74, 6) is 0. The number of hydrogen-bond acceptors (Lipinski definition) is 3. The van der Waals surface area contributed by atoms with Crippen molar-refractivity contribution in [3.8, 4) is 0 Å². The zero-order chi connectivity index (χ0) is 12.5. The second-order valence-corrected chi connectivity index (χ2v) is 4.52. The van der Waals surface area contributed by atoms with Crippen LogP contribution in [-0.4, -0.2) is 15.0 Å². The van der Waals surface area contributed by atoms with E-state index in [-0.39, 0.29) is 0 Å². The maximum atomic E-state index is 5.97. The van der Waals surface area contributed by atoms with Crippen LogP contribution >= 0.6 is 11.6 Å². The molecule has 1 heterocycles. The van der Waals surface area contributed by atoms with Gasteiger partial charge in [-0.2, -0.15) is 0 Å². The number of nitrogens with zero attached hydrogens (tertiary/aromatic N) is 3. The number of benzene rings is 2. The molecule has 3 rings (SSSR count). The standard InChI is InChI=1S/C13H11ClN4/c14-10-5-6-11(15)9(7-10)8-18-13-4-2-1-3-12(13)16-17-18/h1-7H,8,15H2. The number of anilines is 1. The molecule has 0 bridgehead atoms. The molecule has 0 radical (unpaired) electrons. The van der Waals surface area contributed by atoms with Gasteiger partial charge in [-0.15, -0.1) is 5.10 Å². The van der Waals surface area contributed by atoms with Gasteiger partial charge in [0, 0.05) is 10.7 Å². The maximum absolute atomic E-state index is 5.97. The summed E-state index contributed by atoms with van der Waals surface area (Å²) < 4.78 is 1.82. The second kappa shape index (κ2) is 4.31. The fourth-order valence-corrected chi connectivity index (χ4v) is 2.10. The number of fused-ring (bicyclic) bond motifs is 1. The molecule has 4 nitrogen and oxygen atoms in total. The number of hydrogen-bond donors (Lipinski definition) is 1. The lowest BCUT2D eigenvalue weighted by atomic mass is 10.2. The number of para-hydroxylation sites is 1. The van der Waals surface area contributed by atoms with Gasteiger partial charge in [0.25, 0.3) is 0 Å². The molecule has 0 spiro atoms. The first-order chi connectivity index (χ1) is 8.74. The first kappa shape index (κ1) is 11.0. The molecule has 0 fully saturated rings.